The largest absolute Gasteiger partial charge is 0.394 e. The number of rotatable bonds is 5. The Balaban J connectivity index is 2.30. The van der Waals surface area contributed by atoms with Gasteiger partial charge in [0.15, 0.2) is 0 Å². The van der Waals surface area contributed by atoms with E-state index in [1.54, 1.807) is 0 Å². The standard InChI is InChI=1S/C11H24N2O2/c1-3-12-11-4-5-13(6-9(11)2)7-10(15)8-14/h9-12,14-15H,3-8H2,1-2H3. The molecule has 0 radical (unpaired) electrons. The van der Waals surface area contributed by atoms with E-state index in [2.05, 4.69) is 24.1 Å². The summed E-state index contributed by atoms with van der Waals surface area (Å²) in [5.41, 5.74) is 0. The Kier molecular flexibility index (Phi) is 5.53. The molecule has 0 spiro atoms. The van der Waals surface area contributed by atoms with Gasteiger partial charge in [0.25, 0.3) is 0 Å². The van der Waals surface area contributed by atoms with Gasteiger partial charge in [-0.05, 0) is 25.4 Å². The van der Waals surface area contributed by atoms with Crippen molar-refractivity contribution in [3.8, 4) is 0 Å². The fourth-order valence-corrected chi connectivity index (χ4v) is 2.32. The van der Waals surface area contributed by atoms with Crippen molar-refractivity contribution in [1.29, 1.82) is 0 Å². The molecule has 1 aliphatic heterocycles. The number of β-amino-alcohol motifs (C(OH)–C–C–N with tert-alkyl or cyclic N) is 1. The summed E-state index contributed by atoms with van der Waals surface area (Å²) >= 11 is 0. The molecule has 1 aliphatic rings. The third kappa shape index (κ3) is 4.07. The summed E-state index contributed by atoms with van der Waals surface area (Å²) in [5.74, 6) is 0.615. The normalized spacial score (nSPS) is 30.4. The number of aliphatic hydroxyl groups excluding tert-OH is 2. The van der Waals surface area contributed by atoms with E-state index < -0.39 is 6.10 Å². The number of nitrogens with one attached hydrogen (secondary N) is 1. The first-order valence-corrected chi connectivity index (χ1v) is 5.92. The van der Waals surface area contributed by atoms with Gasteiger partial charge in [0.1, 0.15) is 0 Å². The van der Waals surface area contributed by atoms with Crippen LogP contribution >= 0.6 is 0 Å². The molecular formula is C11H24N2O2. The highest BCUT2D eigenvalue weighted by Gasteiger charge is 2.25. The zero-order valence-corrected chi connectivity index (χ0v) is 9.82. The molecule has 0 amide bonds. The second-order valence-electron chi connectivity index (χ2n) is 4.53. The number of hydrogen-bond donors (Lipinski definition) is 3. The molecule has 0 bridgehead atoms. The van der Waals surface area contributed by atoms with Crippen molar-refractivity contribution in [2.45, 2.75) is 32.4 Å². The number of aliphatic hydroxyl groups is 2. The third-order valence-electron chi connectivity index (χ3n) is 3.14. The van der Waals surface area contributed by atoms with E-state index in [0.717, 1.165) is 26.1 Å². The molecule has 0 saturated carbocycles. The van der Waals surface area contributed by atoms with Crippen LogP contribution in [0.1, 0.15) is 20.3 Å². The van der Waals surface area contributed by atoms with Crippen LogP contribution in [0.4, 0.5) is 0 Å². The van der Waals surface area contributed by atoms with E-state index in [1.165, 1.54) is 0 Å². The first kappa shape index (κ1) is 12.9. The Morgan fingerprint density at radius 3 is 2.80 bits per heavy atom. The zero-order valence-electron chi connectivity index (χ0n) is 9.82. The van der Waals surface area contributed by atoms with Gasteiger partial charge in [0.2, 0.25) is 0 Å². The smallest absolute Gasteiger partial charge is 0.0897 e. The number of piperidine rings is 1. The maximum atomic E-state index is 9.36. The molecule has 3 N–H and O–H groups in total. The first-order valence-electron chi connectivity index (χ1n) is 5.92. The molecule has 0 aliphatic carbocycles. The van der Waals surface area contributed by atoms with Crippen LogP contribution in [0.25, 0.3) is 0 Å². The van der Waals surface area contributed by atoms with Gasteiger partial charge in [-0.2, -0.15) is 0 Å². The second-order valence-corrected chi connectivity index (χ2v) is 4.53. The van der Waals surface area contributed by atoms with Crippen molar-refractivity contribution in [1.82, 2.24) is 10.2 Å². The summed E-state index contributed by atoms with van der Waals surface area (Å²) in [6.45, 7) is 7.88. The molecule has 90 valence electrons. The number of nitrogens with zero attached hydrogens (tertiary/aromatic N) is 1. The van der Waals surface area contributed by atoms with Crippen LogP contribution in [0.2, 0.25) is 0 Å². The van der Waals surface area contributed by atoms with Gasteiger partial charge in [-0.15, -0.1) is 0 Å². The lowest BCUT2D eigenvalue weighted by atomic mass is 9.93. The molecule has 1 saturated heterocycles. The average Bonchev–Trinajstić information content (AvgIpc) is 2.22. The number of likely N-dealkylation sites (tertiary alicyclic amines) is 1. The molecule has 4 nitrogen and oxygen atoms in total. The molecular weight excluding hydrogens is 192 g/mol. The van der Waals surface area contributed by atoms with Gasteiger partial charge in [0, 0.05) is 19.1 Å². The van der Waals surface area contributed by atoms with Crippen molar-refractivity contribution in [3.63, 3.8) is 0 Å². The Morgan fingerprint density at radius 1 is 1.53 bits per heavy atom. The highest BCUT2D eigenvalue weighted by molar-refractivity contribution is 4.83. The molecule has 4 heteroatoms. The minimum absolute atomic E-state index is 0.137. The van der Waals surface area contributed by atoms with E-state index in [9.17, 15) is 5.11 Å². The lowest BCUT2D eigenvalue weighted by Crippen LogP contribution is -2.50. The van der Waals surface area contributed by atoms with Crippen molar-refractivity contribution in [2.24, 2.45) is 5.92 Å². The van der Waals surface area contributed by atoms with Gasteiger partial charge >= 0.3 is 0 Å². The lowest BCUT2D eigenvalue weighted by molar-refractivity contribution is 0.0402. The van der Waals surface area contributed by atoms with Gasteiger partial charge in [-0.3, -0.25) is 0 Å². The summed E-state index contributed by atoms with van der Waals surface area (Å²) in [6, 6.07) is 0.609. The molecule has 0 aromatic carbocycles. The van der Waals surface area contributed by atoms with Crippen LogP contribution in [0.3, 0.4) is 0 Å². The summed E-state index contributed by atoms with van der Waals surface area (Å²) in [7, 11) is 0. The predicted octanol–water partition coefficient (Wildman–Crippen LogP) is -0.340. The third-order valence-corrected chi connectivity index (χ3v) is 3.14. The molecule has 0 aromatic rings. The van der Waals surface area contributed by atoms with Crippen molar-refractivity contribution in [2.75, 3.05) is 32.8 Å². The van der Waals surface area contributed by atoms with Gasteiger partial charge in [-0.25, -0.2) is 0 Å². The molecule has 3 atom stereocenters. The summed E-state index contributed by atoms with van der Waals surface area (Å²) in [6.07, 6.45) is 0.542. The Bertz CT molecular complexity index is 178. The molecule has 1 rings (SSSR count). The van der Waals surface area contributed by atoms with E-state index in [-0.39, 0.29) is 6.61 Å². The average molecular weight is 216 g/mol. The predicted molar refractivity (Wildman–Crippen MR) is 60.8 cm³/mol. The SMILES string of the molecule is CCNC1CCN(CC(O)CO)CC1C. The Morgan fingerprint density at radius 2 is 2.27 bits per heavy atom. The van der Waals surface area contributed by atoms with Crippen LogP contribution in [-0.4, -0.2) is 60.0 Å². The maximum absolute atomic E-state index is 9.36. The Labute approximate surface area is 92.3 Å². The monoisotopic (exact) mass is 216 g/mol. The highest BCUT2D eigenvalue weighted by Crippen LogP contribution is 2.16. The van der Waals surface area contributed by atoms with Gasteiger partial charge in [0.05, 0.1) is 12.7 Å². The first-order chi connectivity index (χ1) is 7.17. The fourth-order valence-electron chi connectivity index (χ4n) is 2.32. The summed E-state index contributed by atoms with van der Waals surface area (Å²) in [5, 5.41) is 21.6. The van der Waals surface area contributed by atoms with Crippen LogP contribution in [0.5, 0.6) is 0 Å². The van der Waals surface area contributed by atoms with E-state index in [4.69, 9.17) is 5.11 Å². The van der Waals surface area contributed by atoms with Crippen molar-refractivity contribution in [3.05, 3.63) is 0 Å². The van der Waals surface area contributed by atoms with E-state index >= 15 is 0 Å². The lowest BCUT2D eigenvalue weighted by Gasteiger charge is -2.37. The van der Waals surface area contributed by atoms with E-state index in [0.29, 0.717) is 18.5 Å². The van der Waals surface area contributed by atoms with Gasteiger partial charge in [-0.1, -0.05) is 13.8 Å². The topological polar surface area (TPSA) is 55.7 Å². The van der Waals surface area contributed by atoms with Crippen molar-refractivity contribution >= 4 is 0 Å². The summed E-state index contributed by atoms with van der Waals surface area (Å²) in [4.78, 5) is 2.24. The molecule has 3 unspecified atom stereocenters. The Hall–Kier alpha value is -0.160. The van der Waals surface area contributed by atoms with Gasteiger partial charge < -0.3 is 20.4 Å². The minimum Gasteiger partial charge on any atom is -0.394 e. The molecule has 0 aromatic heterocycles. The second kappa shape index (κ2) is 6.43. The molecule has 15 heavy (non-hydrogen) atoms. The minimum atomic E-state index is -0.590. The maximum Gasteiger partial charge on any atom is 0.0897 e. The molecule has 1 heterocycles. The van der Waals surface area contributed by atoms with Crippen LogP contribution in [-0.2, 0) is 0 Å². The van der Waals surface area contributed by atoms with E-state index in [1.807, 2.05) is 0 Å². The quantitative estimate of drug-likeness (QED) is 0.588. The summed E-state index contributed by atoms with van der Waals surface area (Å²) < 4.78 is 0. The highest BCUT2D eigenvalue weighted by atomic mass is 16.3. The molecule has 1 fully saturated rings. The van der Waals surface area contributed by atoms with Crippen LogP contribution in [0.15, 0.2) is 0 Å². The fraction of sp³-hybridized carbons (Fsp3) is 1.00. The van der Waals surface area contributed by atoms with Crippen LogP contribution in [0, 0.1) is 5.92 Å². The number of hydrogen-bond acceptors (Lipinski definition) is 4. The zero-order chi connectivity index (χ0) is 11.3. The van der Waals surface area contributed by atoms with Crippen LogP contribution < -0.4 is 5.32 Å². The van der Waals surface area contributed by atoms with Crippen molar-refractivity contribution < 1.29 is 10.2 Å².